The molecule has 0 bridgehead atoms. The van der Waals surface area contributed by atoms with Crippen LogP contribution in [0.2, 0.25) is 0 Å². The molecule has 0 spiro atoms. The number of rotatable bonds is 12. The molecule has 1 saturated carbocycles. The number of anilines is 2. The fourth-order valence-electron chi connectivity index (χ4n) is 7.10. The molecule has 6 rings (SSSR count). The van der Waals surface area contributed by atoms with Gasteiger partial charge < -0.3 is 28.6 Å². The predicted molar refractivity (Wildman–Crippen MR) is 176 cm³/mol. The highest BCUT2D eigenvalue weighted by molar-refractivity contribution is 5.95. The van der Waals surface area contributed by atoms with E-state index in [0.29, 0.717) is 67.7 Å². The van der Waals surface area contributed by atoms with Gasteiger partial charge in [-0.05, 0) is 56.0 Å². The molecule has 3 aromatic rings. The van der Waals surface area contributed by atoms with Gasteiger partial charge in [0.25, 0.3) is 6.47 Å². The third-order valence-electron chi connectivity index (χ3n) is 9.70. The Morgan fingerprint density at radius 1 is 1.02 bits per heavy atom. The molecular formula is C35H46F3N5O4. The first kappa shape index (κ1) is 33.5. The second-order valence-corrected chi connectivity index (χ2v) is 13.8. The second-order valence-electron chi connectivity index (χ2n) is 13.8. The molecular weight excluding hydrogens is 611 g/mol. The summed E-state index contributed by atoms with van der Waals surface area (Å²) in [6.07, 6.45) is -0.238. The molecule has 256 valence electrons. The van der Waals surface area contributed by atoms with E-state index >= 15 is 0 Å². The smallest absolute Gasteiger partial charge is 0.406 e. The normalized spacial score (nSPS) is 19.0. The van der Waals surface area contributed by atoms with Crippen LogP contribution in [0.15, 0.2) is 30.5 Å². The van der Waals surface area contributed by atoms with E-state index in [9.17, 15) is 18.0 Å². The van der Waals surface area contributed by atoms with Gasteiger partial charge in [-0.1, -0.05) is 13.8 Å². The van der Waals surface area contributed by atoms with E-state index < -0.39 is 24.2 Å². The average molecular weight is 658 g/mol. The van der Waals surface area contributed by atoms with Crippen molar-refractivity contribution in [2.75, 3.05) is 76.0 Å². The number of ether oxygens (including phenoxy) is 3. The van der Waals surface area contributed by atoms with Crippen molar-refractivity contribution in [2.45, 2.75) is 64.9 Å². The Kier molecular flexibility index (Phi) is 9.74. The van der Waals surface area contributed by atoms with Crippen LogP contribution >= 0.6 is 0 Å². The summed E-state index contributed by atoms with van der Waals surface area (Å²) < 4.78 is 61.4. The standard InChI is InChI=1S/C35H46F3N5O4/c1-24(45-4)32-29(18-27(20-39-32)41-11-9-40(10-12-41)25-5-6-25)33-30(19-34(2,3)22-47-23-44)28-17-26(42-13-15-46-16-14-42)7-8-31(28)43(33)21-35(36,37)38/h7-8,17-18,20,23-25H,5-6,9-16,19,21-22H2,1-4H3. The Hall–Kier alpha value is -3.35. The van der Waals surface area contributed by atoms with E-state index in [1.165, 1.54) is 17.4 Å². The number of halogens is 3. The van der Waals surface area contributed by atoms with Crippen molar-refractivity contribution in [3.8, 4) is 11.3 Å². The van der Waals surface area contributed by atoms with Crippen molar-refractivity contribution in [3.63, 3.8) is 0 Å². The lowest BCUT2D eigenvalue weighted by molar-refractivity contribution is -0.139. The van der Waals surface area contributed by atoms with E-state index in [1.54, 1.807) is 7.11 Å². The minimum Gasteiger partial charge on any atom is -0.467 e. The summed E-state index contributed by atoms with van der Waals surface area (Å²) in [5.74, 6) is 0. The first-order valence-electron chi connectivity index (χ1n) is 16.6. The number of morpholine rings is 1. The van der Waals surface area contributed by atoms with Gasteiger partial charge in [0.2, 0.25) is 0 Å². The maximum atomic E-state index is 14.5. The molecule has 1 atom stereocenters. The minimum absolute atomic E-state index is 0.121. The highest BCUT2D eigenvalue weighted by Gasteiger charge is 2.36. The summed E-state index contributed by atoms with van der Waals surface area (Å²) in [6.45, 7) is 11.3. The first-order chi connectivity index (χ1) is 22.5. The van der Waals surface area contributed by atoms with Crippen LogP contribution in [0.25, 0.3) is 22.2 Å². The van der Waals surface area contributed by atoms with Crippen LogP contribution in [0.1, 0.15) is 51.0 Å². The Bertz CT molecular complexity index is 1560. The van der Waals surface area contributed by atoms with Crippen molar-refractivity contribution in [3.05, 3.63) is 41.7 Å². The average Bonchev–Trinajstić information content (AvgIpc) is 3.88. The van der Waals surface area contributed by atoms with Crippen LogP contribution in [0.5, 0.6) is 0 Å². The molecule has 47 heavy (non-hydrogen) atoms. The van der Waals surface area contributed by atoms with Gasteiger partial charge in [0, 0.05) is 80.0 Å². The van der Waals surface area contributed by atoms with Crippen molar-refractivity contribution >= 4 is 28.7 Å². The van der Waals surface area contributed by atoms with E-state index in [4.69, 9.17) is 19.2 Å². The number of carbonyl (C=O) groups excluding carboxylic acids is 1. The third kappa shape index (κ3) is 7.54. The Morgan fingerprint density at radius 3 is 2.36 bits per heavy atom. The third-order valence-corrected chi connectivity index (χ3v) is 9.70. The molecule has 1 aliphatic carbocycles. The summed E-state index contributed by atoms with van der Waals surface area (Å²) in [4.78, 5) is 23.1. The zero-order chi connectivity index (χ0) is 33.3. The topological polar surface area (TPSA) is 72.3 Å². The van der Waals surface area contributed by atoms with Gasteiger partial charge in [-0.2, -0.15) is 13.2 Å². The van der Waals surface area contributed by atoms with Gasteiger partial charge >= 0.3 is 6.18 Å². The highest BCUT2D eigenvalue weighted by Crippen LogP contribution is 2.44. The van der Waals surface area contributed by atoms with Crippen LogP contribution in [-0.2, 0) is 32.0 Å². The van der Waals surface area contributed by atoms with Crippen LogP contribution in [0, 0.1) is 5.41 Å². The number of methoxy groups -OCH3 is 1. The molecule has 2 saturated heterocycles. The fourth-order valence-corrected chi connectivity index (χ4v) is 7.10. The number of nitrogens with zero attached hydrogens (tertiary/aromatic N) is 5. The monoisotopic (exact) mass is 657 g/mol. The Balaban J connectivity index is 1.55. The summed E-state index contributed by atoms with van der Waals surface area (Å²) >= 11 is 0. The molecule has 4 heterocycles. The lowest BCUT2D eigenvalue weighted by atomic mass is 9.84. The van der Waals surface area contributed by atoms with E-state index in [1.807, 2.05) is 51.2 Å². The number of aromatic nitrogens is 2. The highest BCUT2D eigenvalue weighted by atomic mass is 19.4. The number of alkyl halides is 3. The summed E-state index contributed by atoms with van der Waals surface area (Å²) in [5, 5.41) is 0.742. The summed E-state index contributed by atoms with van der Waals surface area (Å²) in [5.41, 5.74) is 4.18. The SMILES string of the molecule is COC(C)c1ncc(N2CCN(C3CC3)CC2)cc1-c1c(CC(C)(C)COC=O)c2cc(N3CCOCC3)ccc2n1CC(F)(F)F. The number of hydrogen-bond acceptors (Lipinski definition) is 8. The predicted octanol–water partition coefficient (Wildman–Crippen LogP) is 5.84. The maximum absolute atomic E-state index is 14.5. The Morgan fingerprint density at radius 2 is 1.72 bits per heavy atom. The number of benzene rings is 1. The quantitative estimate of drug-likeness (QED) is 0.225. The van der Waals surface area contributed by atoms with Crippen molar-refractivity contribution in [2.24, 2.45) is 5.41 Å². The summed E-state index contributed by atoms with van der Waals surface area (Å²) in [6, 6.07) is 8.41. The molecule has 2 aromatic heterocycles. The molecule has 0 amide bonds. The number of pyridine rings is 1. The largest absolute Gasteiger partial charge is 0.467 e. The number of piperazine rings is 1. The van der Waals surface area contributed by atoms with Gasteiger partial charge in [-0.15, -0.1) is 0 Å². The summed E-state index contributed by atoms with van der Waals surface area (Å²) in [7, 11) is 1.59. The van der Waals surface area contributed by atoms with E-state index in [2.05, 4.69) is 14.7 Å². The molecule has 0 radical (unpaired) electrons. The minimum atomic E-state index is -4.48. The van der Waals surface area contributed by atoms with Gasteiger partial charge in [0.1, 0.15) is 6.54 Å². The van der Waals surface area contributed by atoms with Crippen LogP contribution in [-0.4, -0.2) is 99.3 Å². The van der Waals surface area contributed by atoms with Crippen molar-refractivity contribution in [1.29, 1.82) is 0 Å². The maximum Gasteiger partial charge on any atom is 0.406 e. The van der Waals surface area contributed by atoms with Crippen LogP contribution < -0.4 is 9.80 Å². The van der Waals surface area contributed by atoms with Crippen molar-refractivity contribution < 1.29 is 32.2 Å². The number of fused-ring (bicyclic) bond motifs is 1. The van der Waals surface area contributed by atoms with Crippen LogP contribution in [0.4, 0.5) is 24.5 Å². The fraction of sp³-hybridized carbons (Fsp3) is 0.600. The number of hydrogen-bond donors (Lipinski definition) is 0. The van der Waals surface area contributed by atoms with Gasteiger partial charge in [0.05, 0.1) is 49.2 Å². The number of carbonyl (C=O) groups is 1. The molecule has 0 N–H and O–H groups in total. The van der Waals surface area contributed by atoms with Gasteiger partial charge in [-0.25, -0.2) is 0 Å². The zero-order valence-electron chi connectivity index (χ0n) is 27.8. The molecule has 1 aromatic carbocycles. The lowest BCUT2D eigenvalue weighted by Crippen LogP contribution is -2.47. The van der Waals surface area contributed by atoms with Crippen LogP contribution in [0.3, 0.4) is 0 Å². The molecule has 3 aliphatic rings. The first-order valence-corrected chi connectivity index (χ1v) is 16.6. The molecule has 12 heteroatoms. The Labute approximate surface area is 274 Å². The second kappa shape index (κ2) is 13.6. The lowest BCUT2D eigenvalue weighted by Gasteiger charge is -2.36. The van der Waals surface area contributed by atoms with Crippen molar-refractivity contribution in [1.82, 2.24) is 14.5 Å². The zero-order valence-corrected chi connectivity index (χ0v) is 27.8. The molecule has 1 unspecified atom stereocenters. The molecule has 9 nitrogen and oxygen atoms in total. The van der Waals surface area contributed by atoms with Gasteiger partial charge in [-0.3, -0.25) is 14.7 Å². The van der Waals surface area contributed by atoms with E-state index in [-0.39, 0.29) is 6.61 Å². The van der Waals surface area contributed by atoms with Gasteiger partial charge in [0.15, 0.2) is 0 Å². The molecule has 3 fully saturated rings. The van der Waals surface area contributed by atoms with E-state index in [0.717, 1.165) is 48.5 Å². The molecule has 2 aliphatic heterocycles.